The standard InChI is InChI=1S/C17H20N6O2S/c1-9(2)15-14(26-23-21-15)8-18-17(24)19-13-7-12(6-5-10(13)3)16-22-20-11(4)25-16/h5-7,9H,8H2,1-4H3,(H2,18,19,24). The molecule has 0 aliphatic rings. The summed E-state index contributed by atoms with van der Waals surface area (Å²) >= 11 is 1.30. The van der Waals surface area contributed by atoms with Crippen LogP contribution in [0.15, 0.2) is 22.6 Å². The Labute approximate surface area is 155 Å². The largest absolute Gasteiger partial charge is 0.421 e. The molecule has 9 heteroatoms. The molecule has 0 spiro atoms. The predicted octanol–water partition coefficient (Wildman–Crippen LogP) is 3.65. The molecule has 26 heavy (non-hydrogen) atoms. The Hall–Kier alpha value is -2.81. The van der Waals surface area contributed by atoms with Gasteiger partial charge in [0, 0.05) is 18.2 Å². The monoisotopic (exact) mass is 372 g/mol. The van der Waals surface area contributed by atoms with Crippen LogP contribution in [0.1, 0.15) is 41.8 Å². The topological polar surface area (TPSA) is 106 Å². The van der Waals surface area contributed by atoms with Gasteiger partial charge in [0.15, 0.2) is 0 Å². The van der Waals surface area contributed by atoms with Crippen LogP contribution in [-0.4, -0.2) is 25.8 Å². The highest BCUT2D eigenvalue weighted by Gasteiger charge is 2.14. The molecule has 0 saturated heterocycles. The number of carbonyl (C=O) groups excluding carboxylic acids is 1. The molecule has 2 heterocycles. The van der Waals surface area contributed by atoms with E-state index in [1.165, 1.54) is 11.5 Å². The number of carbonyl (C=O) groups is 1. The van der Waals surface area contributed by atoms with Crippen molar-refractivity contribution >= 4 is 23.3 Å². The molecule has 1 aromatic carbocycles. The molecule has 0 bridgehead atoms. The first-order chi connectivity index (χ1) is 12.4. The first-order valence-corrected chi connectivity index (χ1v) is 8.98. The predicted molar refractivity (Wildman–Crippen MR) is 99.1 cm³/mol. The van der Waals surface area contributed by atoms with Crippen molar-refractivity contribution in [2.24, 2.45) is 0 Å². The molecule has 3 rings (SSSR count). The first kappa shape index (κ1) is 18.0. The summed E-state index contributed by atoms with van der Waals surface area (Å²) < 4.78 is 9.40. The van der Waals surface area contributed by atoms with Crippen molar-refractivity contribution in [3.05, 3.63) is 40.2 Å². The number of nitrogens with zero attached hydrogens (tertiary/aromatic N) is 4. The summed E-state index contributed by atoms with van der Waals surface area (Å²) in [5.74, 6) is 1.18. The maximum absolute atomic E-state index is 12.3. The second-order valence-corrected chi connectivity index (χ2v) is 7.04. The Bertz CT molecular complexity index is 918. The fraction of sp³-hybridized carbons (Fsp3) is 0.353. The van der Waals surface area contributed by atoms with Gasteiger partial charge in [0.1, 0.15) is 0 Å². The van der Waals surface area contributed by atoms with Crippen molar-refractivity contribution in [1.82, 2.24) is 25.1 Å². The van der Waals surface area contributed by atoms with Crippen molar-refractivity contribution in [3.63, 3.8) is 0 Å². The molecule has 0 aliphatic heterocycles. The maximum Gasteiger partial charge on any atom is 0.319 e. The summed E-state index contributed by atoms with van der Waals surface area (Å²) in [5, 5.41) is 17.7. The zero-order valence-electron chi connectivity index (χ0n) is 15.0. The fourth-order valence-electron chi connectivity index (χ4n) is 2.41. The van der Waals surface area contributed by atoms with Gasteiger partial charge in [0.2, 0.25) is 11.8 Å². The number of benzene rings is 1. The van der Waals surface area contributed by atoms with Crippen molar-refractivity contribution in [3.8, 4) is 11.5 Å². The number of aromatic nitrogens is 4. The highest BCUT2D eigenvalue weighted by molar-refractivity contribution is 7.05. The highest BCUT2D eigenvalue weighted by atomic mass is 32.1. The first-order valence-electron chi connectivity index (χ1n) is 8.21. The van der Waals surface area contributed by atoms with E-state index in [9.17, 15) is 4.79 Å². The van der Waals surface area contributed by atoms with Crippen LogP contribution >= 0.6 is 11.5 Å². The van der Waals surface area contributed by atoms with Crippen LogP contribution in [0, 0.1) is 13.8 Å². The molecule has 2 amide bonds. The second-order valence-electron chi connectivity index (χ2n) is 6.20. The Morgan fingerprint density at radius 1 is 1.23 bits per heavy atom. The van der Waals surface area contributed by atoms with E-state index in [1.54, 1.807) is 6.92 Å². The number of urea groups is 1. The van der Waals surface area contributed by atoms with Crippen LogP contribution in [0.3, 0.4) is 0 Å². The van der Waals surface area contributed by atoms with Crippen LogP contribution in [-0.2, 0) is 6.54 Å². The van der Waals surface area contributed by atoms with Crippen LogP contribution in [0.2, 0.25) is 0 Å². The van der Waals surface area contributed by atoms with Crippen LogP contribution in [0.5, 0.6) is 0 Å². The lowest BCUT2D eigenvalue weighted by Gasteiger charge is -2.11. The Kier molecular flexibility index (Phi) is 5.27. The van der Waals surface area contributed by atoms with Gasteiger partial charge >= 0.3 is 6.03 Å². The number of amides is 2. The summed E-state index contributed by atoms with van der Waals surface area (Å²) in [6.45, 7) is 8.14. The number of aryl methyl sites for hydroxylation is 2. The molecule has 0 unspecified atom stereocenters. The van der Waals surface area contributed by atoms with E-state index >= 15 is 0 Å². The van der Waals surface area contributed by atoms with Crippen molar-refractivity contribution in [1.29, 1.82) is 0 Å². The van der Waals surface area contributed by atoms with E-state index in [0.717, 1.165) is 21.7 Å². The quantitative estimate of drug-likeness (QED) is 0.708. The normalized spacial score (nSPS) is 11.0. The van der Waals surface area contributed by atoms with E-state index < -0.39 is 0 Å². The summed E-state index contributed by atoms with van der Waals surface area (Å²) in [6, 6.07) is 5.29. The fourth-order valence-corrected chi connectivity index (χ4v) is 3.14. The van der Waals surface area contributed by atoms with Crippen molar-refractivity contribution in [2.45, 2.75) is 40.2 Å². The van der Waals surface area contributed by atoms with Gasteiger partial charge < -0.3 is 15.1 Å². The van der Waals surface area contributed by atoms with Gasteiger partial charge in [-0.15, -0.1) is 15.3 Å². The Morgan fingerprint density at radius 3 is 2.73 bits per heavy atom. The van der Waals surface area contributed by atoms with Crippen molar-refractivity contribution in [2.75, 3.05) is 5.32 Å². The van der Waals surface area contributed by atoms with Crippen LogP contribution in [0.4, 0.5) is 10.5 Å². The number of rotatable bonds is 5. The lowest BCUT2D eigenvalue weighted by molar-refractivity contribution is 0.252. The van der Waals surface area contributed by atoms with E-state index in [2.05, 4.69) is 44.3 Å². The zero-order chi connectivity index (χ0) is 18.7. The lowest BCUT2D eigenvalue weighted by Crippen LogP contribution is -2.28. The van der Waals surface area contributed by atoms with Gasteiger partial charge in [-0.1, -0.05) is 24.4 Å². The molecule has 0 fully saturated rings. The van der Waals surface area contributed by atoms with Crippen LogP contribution < -0.4 is 10.6 Å². The smallest absolute Gasteiger partial charge is 0.319 e. The van der Waals surface area contributed by atoms with E-state index in [0.29, 0.717) is 24.0 Å². The number of hydrogen-bond acceptors (Lipinski definition) is 7. The molecule has 0 atom stereocenters. The molecular formula is C17H20N6O2S. The average molecular weight is 372 g/mol. The molecule has 136 valence electrons. The Morgan fingerprint density at radius 2 is 2.04 bits per heavy atom. The number of hydrogen-bond donors (Lipinski definition) is 2. The summed E-state index contributed by atoms with van der Waals surface area (Å²) in [7, 11) is 0. The molecular weight excluding hydrogens is 352 g/mol. The molecule has 0 saturated carbocycles. The van der Waals surface area contributed by atoms with Crippen LogP contribution in [0.25, 0.3) is 11.5 Å². The zero-order valence-corrected chi connectivity index (χ0v) is 15.8. The molecule has 2 aromatic heterocycles. The molecule has 0 aliphatic carbocycles. The Balaban J connectivity index is 1.68. The molecule has 3 aromatic rings. The third-order valence-corrected chi connectivity index (χ3v) is 4.54. The van der Waals surface area contributed by atoms with E-state index in [1.807, 2.05) is 25.1 Å². The SMILES string of the molecule is Cc1nnc(-c2ccc(C)c(NC(=O)NCc3snnc3C(C)C)c2)o1. The summed E-state index contributed by atoms with van der Waals surface area (Å²) in [5.41, 5.74) is 3.28. The number of nitrogens with one attached hydrogen (secondary N) is 2. The minimum atomic E-state index is -0.296. The third kappa shape index (κ3) is 4.05. The highest BCUT2D eigenvalue weighted by Crippen LogP contribution is 2.24. The van der Waals surface area contributed by atoms with Gasteiger partial charge in [-0.25, -0.2) is 4.79 Å². The summed E-state index contributed by atoms with van der Waals surface area (Å²) in [4.78, 5) is 13.2. The summed E-state index contributed by atoms with van der Waals surface area (Å²) in [6.07, 6.45) is 0. The van der Waals surface area contributed by atoms with Gasteiger partial charge in [-0.3, -0.25) is 0 Å². The maximum atomic E-state index is 12.3. The molecule has 8 nitrogen and oxygen atoms in total. The van der Waals surface area contributed by atoms with Gasteiger partial charge in [0.05, 0.1) is 17.1 Å². The third-order valence-electron chi connectivity index (χ3n) is 3.80. The average Bonchev–Trinajstić information content (AvgIpc) is 3.24. The molecule has 0 radical (unpaired) electrons. The minimum absolute atomic E-state index is 0.269. The van der Waals surface area contributed by atoms with Gasteiger partial charge in [-0.05, 0) is 42.1 Å². The second kappa shape index (κ2) is 7.61. The van der Waals surface area contributed by atoms with Gasteiger partial charge in [-0.2, -0.15) is 0 Å². The van der Waals surface area contributed by atoms with E-state index in [4.69, 9.17) is 4.42 Å². The van der Waals surface area contributed by atoms with E-state index in [-0.39, 0.29) is 11.9 Å². The lowest BCUT2D eigenvalue weighted by atomic mass is 10.1. The molecule has 2 N–H and O–H groups in total. The minimum Gasteiger partial charge on any atom is -0.421 e. The number of anilines is 1. The van der Waals surface area contributed by atoms with Crippen molar-refractivity contribution < 1.29 is 9.21 Å². The van der Waals surface area contributed by atoms with Gasteiger partial charge in [0.25, 0.3) is 0 Å².